The van der Waals surface area contributed by atoms with Crippen LogP contribution in [0, 0.1) is 0 Å². The van der Waals surface area contributed by atoms with E-state index in [9.17, 15) is 18.0 Å². The molecule has 0 radical (unpaired) electrons. The summed E-state index contributed by atoms with van der Waals surface area (Å²) >= 11 is 0. The fourth-order valence-electron chi connectivity index (χ4n) is 4.85. The molecule has 33 heavy (non-hydrogen) atoms. The SMILES string of the molecule is COc1cccc(-c2nn(-c3cc(N4CCCC4)ccc3C(F)(F)F)c(=O)c3c2CCC3)c1. The van der Waals surface area contributed by atoms with Gasteiger partial charge >= 0.3 is 6.18 Å². The number of anilines is 1. The minimum absolute atomic E-state index is 0.226. The molecule has 0 spiro atoms. The minimum Gasteiger partial charge on any atom is -0.497 e. The first-order valence-electron chi connectivity index (χ1n) is 11.1. The molecule has 2 heterocycles. The van der Waals surface area contributed by atoms with Gasteiger partial charge in [-0.3, -0.25) is 4.79 Å². The van der Waals surface area contributed by atoms with Gasteiger partial charge in [-0.25, -0.2) is 0 Å². The van der Waals surface area contributed by atoms with Gasteiger partial charge in [-0.15, -0.1) is 0 Å². The van der Waals surface area contributed by atoms with Crippen LogP contribution in [0.4, 0.5) is 18.9 Å². The predicted molar refractivity (Wildman–Crippen MR) is 120 cm³/mol. The minimum atomic E-state index is -4.62. The van der Waals surface area contributed by atoms with E-state index in [0.29, 0.717) is 41.1 Å². The molecule has 0 atom stereocenters. The van der Waals surface area contributed by atoms with Crippen LogP contribution in [-0.4, -0.2) is 30.0 Å². The molecule has 3 aromatic rings. The van der Waals surface area contributed by atoms with Gasteiger partial charge in [-0.05, 0) is 68.0 Å². The van der Waals surface area contributed by atoms with Gasteiger partial charge in [0.1, 0.15) is 5.75 Å². The Labute approximate surface area is 189 Å². The molecule has 5 rings (SSSR count). The first-order valence-corrected chi connectivity index (χ1v) is 11.1. The Morgan fingerprint density at radius 2 is 1.73 bits per heavy atom. The first-order chi connectivity index (χ1) is 15.9. The van der Waals surface area contributed by atoms with E-state index in [0.717, 1.165) is 48.7 Å². The van der Waals surface area contributed by atoms with Gasteiger partial charge in [0.2, 0.25) is 0 Å². The van der Waals surface area contributed by atoms with Crippen LogP contribution in [0.15, 0.2) is 47.3 Å². The van der Waals surface area contributed by atoms with E-state index >= 15 is 0 Å². The highest BCUT2D eigenvalue weighted by Crippen LogP contribution is 2.37. The molecule has 1 fully saturated rings. The zero-order chi connectivity index (χ0) is 23.2. The standard InChI is InChI=1S/C25H24F3N3O2/c1-33-18-7-4-6-16(14-18)23-19-8-5-9-20(19)24(32)31(29-23)22-15-17(30-12-2-3-13-30)10-11-21(22)25(26,27)28/h4,6-7,10-11,14-15H,2-3,5,8-9,12-13H2,1H3. The van der Waals surface area contributed by atoms with Crippen molar-refractivity contribution >= 4 is 5.69 Å². The average Bonchev–Trinajstić information content (AvgIpc) is 3.51. The molecular weight excluding hydrogens is 431 g/mol. The quantitative estimate of drug-likeness (QED) is 0.555. The van der Waals surface area contributed by atoms with Gasteiger partial charge in [0, 0.05) is 29.9 Å². The van der Waals surface area contributed by atoms with E-state index in [4.69, 9.17) is 4.74 Å². The van der Waals surface area contributed by atoms with Crippen LogP contribution in [0.3, 0.4) is 0 Å². The van der Waals surface area contributed by atoms with Crippen molar-refractivity contribution in [3.63, 3.8) is 0 Å². The number of halogens is 3. The highest BCUT2D eigenvalue weighted by Gasteiger charge is 2.36. The summed E-state index contributed by atoms with van der Waals surface area (Å²) in [5.41, 5.74) is 1.71. The summed E-state index contributed by atoms with van der Waals surface area (Å²) in [6.45, 7) is 1.57. The van der Waals surface area contributed by atoms with Crippen LogP contribution in [0.2, 0.25) is 0 Å². The van der Waals surface area contributed by atoms with E-state index in [1.54, 1.807) is 19.2 Å². The van der Waals surface area contributed by atoms with E-state index in [-0.39, 0.29) is 5.69 Å². The maximum atomic E-state index is 14.0. The number of alkyl halides is 3. The Bertz CT molecular complexity index is 1260. The van der Waals surface area contributed by atoms with Gasteiger partial charge in [-0.1, -0.05) is 12.1 Å². The fraction of sp³-hybridized carbons (Fsp3) is 0.360. The molecule has 1 saturated heterocycles. The molecule has 0 bridgehead atoms. The number of nitrogens with zero attached hydrogens (tertiary/aromatic N) is 3. The smallest absolute Gasteiger partial charge is 0.418 e. The van der Waals surface area contributed by atoms with E-state index in [1.807, 2.05) is 17.0 Å². The zero-order valence-electron chi connectivity index (χ0n) is 18.3. The normalized spacial score (nSPS) is 15.7. The van der Waals surface area contributed by atoms with Crippen LogP contribution < -0.4 is 15.2 Å². The van der Waals surface area contributed by atoms with Gasteiger partial charge in [0.25, 0.3) is 5.56 Å². The number of hydrogen-bond donors (Lipinski definition) is 0. The Balaban J connectivity index is 1.76. The van der Waals surface area contributed by atoms with Crippen molar-refractivity contribution in [1.82, 2.24) is 9.78 Å². The molecule has 5 nitrogen and oxygen atoms in total. The van der Waals surface area contributed by atoms with Gasteiger partial charge in [0.05, 0.1) is 24.1 Å². The van der Waals surface area contributed by atoms with E-state index < -0.39 is 17.3 Å². The Hall–Kier alpha value is -3.29. The van der Waals surface area contributed by atoms with E-state index in [1.165, 1.54) is 12.1 Å². The third-order valence-corrected chi connectivity index (χ3v) is 6.48. The number of hydrogen-bond acceptors (Lipinski definition) is 4. The van der Waals surface area contributed by atoms with Crippen molar-refractivity contribution in [2.45, 2.75) is 38.3 Å². The monoisotopic (exact) mass is 455 g/mol. The average molecular weight is 455 g/mol. The molecule has 1 aliphatic carbocycles. The molecule has 2 aromatic carbocycles. The van der Waals surface area contributed by atoms with Crippen molar-refractivity contribution in [2.75, 3.05) is 25.1 Å². The second-order valence-electron chi connectivity index (χ2n) is 8.50. The maximum absolute atomic E-state index is 14.0. The summed E-state index contributed by atoms with van der Waals surface area (Å²) in [6.07, 6.45) is -0.658. The number of aromatic nitrogens is 2. The summed E-state index contributed by atoms with van der Waals surface area (Å²) < 4.78 is 48.3. The van der Waals surface area contributed by atoms with Crippen LogP contribution in [0.1, 0.15) is 36.0 Å². The lowest BCUT2D eigenvalue weighted by atomic mass is 10.0. The summed E-state index contributed by atoms with van der Waals surface area (Å²) in [7, 11) is 1.55. The van der Waals surface area contributed by atoms with Crippen molar-refractivity contribution in [2.24, 2.45) is 0 Å². The highest BCUT2D eigenvalue weighted by atomic mass is 19.4. The lowest BCUT2D eigenvalue weighted by Gasteiger charge is -2.22. The number of rotatable bonds is 4. The maximum Gasteiger partial charge on any atom is 0.418 e. The summed E-state index contributed by atoms with van der Waals surface area (Å²) in [5, 5.41) is 4.53. The highest BCUT2D eigenvalue weighted by molar-refractivity contribution is 5.67. The number of methoxy groups -OCH3 is 1. The number of fused-ring (bicyclic) bond motifs is 1. The van der Waals surface area contributed by atoms with Crippen molar-refractivity contribution in [3.05, 3.63) is 69.5 Å². The van der Waals surface area contributed by atoms with Gasteiger partial charge in [-0.2, -0.15) is 23.0 Å². The van der Waals surface area contributed by atoms with Gasteiger partial charge < -0.3 is 9.64 Å². The predicted octanol–water partition coefficient (Wildman–Crippen LogP) is 5.02. The molecule has 8 heteroatoms. The van der Waals surface area contributed by atoms with Crippen LogP contribution in [-0.2, 0) is 19.0 Å². The molecule has 172 valence electrons. The number of ether oxygens (including phenoxy) is 1. The topological polar surface area (TPSA) is 47.4 Å². The lowest BCUT2D eigenvalue weighted by Crippen LogP contribution is -2.28. The second-order valence-corrected chi connectivity index (χ2v) is 8.50. The Morgan fingerprint density at radius 3 is 2.45 bits per heavy atom. The Kier molecular flexibility index (Phi) is 5.38. The summed E-state index contributed by atoms with van der Waals surface area (Å²) in [4.78, 5) is 15.4. The summed E-state index contributed by atoms with van der Waals surface area (Å²) in [6, 6.07) is 11.2. The van der Waals surface area contributed by atoms with Crippen molar-refractivity contribution in [3.8, 4) is 22.7 Å². The summed E-state index contributed by atoms with van der Waals surface area (Å²) in [5.74, 6) is 0.616. The molecular formula is C25H24F3N3O2. The van der Waals surface area contributed by atoms with Crippen molar-refractivity contribution in [1.29, 1.82) is 0 Å². The lowest BCUT2D eigenvalue weighted by molar-refractivity contribution is -0.137. The van der Waals surface area contributed by atoms with Crippen LogP contribution in [0.25, 0.3) is 16.9 Å². The molecule has 0 N–H and O–H groups in total. The molecule has 0 saturated carbocycles. The third kappa shape index (κ3) is 3.87. The molecule has 2 aliphatic rings. The molecule has 1 aliphatic heterocycles. The van der Waals surface area contributed by atoms with Crippen molar-refractivity contribution < 1.29 is 17.9 Å². The number of benzene rings is 2. The fourth-order valence-corrected chi connectivity index (χ4v) is 4.85. The molecule has 0 amide bonds. The Morgan fingerprint density at radius 1 is 0.970 bits per heavy atom. The molecule has 0 unspecified atom stereocenters. The van der Waals surface area contributed by atoms with Gasteiger partial charge in [0.15, 0.2) is 0 Å². The largest absolute Gasteiger partial charge is 0.497 e. The second kappa shape index (κ2) is 8.24. The van der Waals surface area contributed by atoms with Crippen LogP contribution in [0.5, 0.6) is 5.75 Å². The first kappa shape index (κ1) is 21.6. The van der Waals surface area contributed by atoms with E-state index in [2.05, 4.69) is 5.10 Å². The molecule has 1 aromatic heterocycles. The third-order valence-electron chi connectivity index (χ3n) is 6.48. The zero-order valence-corrected chi connectivity index (χ0v) is 18.3. The van der Waals surface area contributed by atoms with Crippen LogP contribution >= 0.6 is 0 Å².